The Hall–Kier alpha value is -1.43. The number of nitrogens with zero attached hydrogens (tertiary/aromatic N) is 2. The fourth-order valence-electron chi connectivity index (χ4n) is 2.32. The van der Waals surface area contributed by atoms with Gasteiger partial charge < -0.3 is 10.0 Å². The van der Waals surface area contributed by atoms with E-state index in [0.29, 0.717) is 26.1 Å². The molecule has 110 valence electrons. The molecule has 1 atom stereocenters. The summed E-state index contributed by atoms with van der Waals surface area (Å²) < 4.78 is 0. The van der Waals surface area contributed by atoms with E-state index in [2.05, 4.69) is 0 Å². The maximum atomic E-state index is 11.5. The van der Waals surface area contributed by atoms with Crippen LogP contribution < -0.4 is 0 Å². The predicted molar refractivity (Wildman–Crippen MR) is 75.7 cm³/mol. The molecule has 5 heteroatoms. The summed E-state index contributed by atoms with van der Waals surface area (Å²) in [5.74, 6) is 0.136. The van der Waals surface area contributed by atoms with Crippen LogP contribution in [0.2, 0.25) is 0 Å². The van der Waals surface area contributed by atoms with Crippen molar-refractivity contribution in [1.82, 2.24) is 9.96 Å². The highest BCUT2D eigenvalue weighted by Gasteiger charge is 2.23. The second kappa shape index (κ2) is 7.38. The van der Waals surface area contributed by atoms with Gasteiger partial charge in [0.1, 0.15) is 0 Å². The molecule has 2 rings (SSSR count). The normalized spacial score (nSPS) is 16.9. The molecule has 1 heterocycles. The van der Waals surface area contributed by atoms with E-state index in [1.54, 1.807) is 17.0 Å². The van der Waals surface area contributed by atoms with Crippen LogP contribution in [-0.2, 0) is 16.2 Å². The van der Waals surface area contributed by atoms with Gasteiger partial charge in [-0.1, -0.05) is 30.3 Å². The fraction of sp³-hybridized carbons (Fsp3) is 0.533. The standard InChI is InChI=1S/C15H22N2O3/c1-16(20-12-13-6-3-2-4-7-13)10-14(18)11-17-9-5-8-15(17)19/h2-4,6-7,14,18H,5,8-12H2,1H3. The summed E-state index contributed by atoms with van der Waals surface area (Å²) in [4.78, 5) is 18.8. The first kappa shape index (κ1) is 15.0. The molecule has 0 aliphatic carbocycles. The second-order valence-electron chi connectivity index (χ2n) is 5.17. The molecule has 0 radical (unpaired) electrons. The third-order valence-electron chi connectivity index (χ3n) is 3.36. The summed E-state index contributed by atoms with van der Waals surface area (Å²) in [6, 6.07) is 9.88. The number of β-amino-alcohol motifs (C(OH)–C–C–N with tert-alkyl or cyclic N) is 1. The molecule has 1 amide bonds. The number of likely N-dealkylation sites (N-methyl/N-ethyl adjacent to an activating group) is 1. The van der Waals surface area contributed by atoms with E-state index in [9.17, 15) is 9.90 Å². The highest BCUT2D eigenvalue weighted by atomic mass is 16.7. The number of likely N-dealkylation sites (tertiary alicyclic amines) is 1. The Morgan fingerprint density at radius 3 is 2.80 bits per heavy atom. The van der Waals surface area contributed by atoms with Gasteiger partial charge in [-0.15, -0.1) is 0 Å². The smallest absolute Gasteiger partial charge is 0.222 e. The lowest BCUT2D eigenvalue weighted by Crippen LogP contribution is -2.39. The molecule has 5 nitrogen and oxygen atoms in total. The topological polar surface area (TPSA) is 53.0 Å². The number of hydroxylamine groups is 2. The summed E-state index contributed by atoms with van der Waals surface area (Å²) >= 11 is 0. The average Bonchev–Trinajstić information content (AvgIpc) is 2.83. The first-order valence-corrected chi connectivity index (χ1v) is 6.99. The number of hydrogen-bond acceptors (Lipinski definition) is 4. The van der Waals surface area contributed by atoms with Crippen LogP contribution in [-0.4, -0.2) is 53.8 Å². The van der Waals surface area contributed by atoms with Crippen LogP contribution in [0.15, 0.2) is 30.3 Å². The molecule has 0 spiro atoms. The number of hydrogen-bond donors (Lipinski definition) is 1. The molecule has 0 aromatic heterocycles. The summed E-state index contributed by atoms with van der Waals surface area (Å²) in [5.41, 5.74) is 1.09. The minimum absolute atomic E-state index is 0.136. The van der Waals surface area contributed by atoms with Crippen molar-refractivity contribution in [2.75, 3.05) is 26.7 Å². The molecule has 1 aliphatic rings. The summed E-state index contributed by atoms with van der Waals surface area (Å²) in [5, 5.41) is 11.6. The Morgan fingerprint density at radius 1 is 1.40 bits per heavy atom. The number of carbonyl (C=O) groups is 1. The SMILES string of the molecule is CN(CC(O)CN1CCCC1=O)OCc1ccccc1. The molecule has 1 N–H and O–H groups in total. The zero-order chi connectivity index (χ0) is 14.4. The number of carbonyl (C=O) groups excluding carboxylic acids is 1. The van der Waals surface area contributed by atoms with E-state index in [-0.39, 0.29) is 5.91 Å². The first-order chi connectivity index (χ1) is 9.65. The van der Waals surface area contributed by atoms with E-state index < -0.39 is 6.10 Å². The number of aliphatic hydroxyl groups is 1. The Kier molecular flexibility index (Phi) is 5.52. The van der Waals surface area contributed by atoms with Gasteiger partial charge in [0.25, 0.3) is 0 Å². The van der Waals surface area contributed by atoms with E-state index in [4.69, 9.17) is 4.84 Å². The van der Waals surface area contributed by atoms with Crippen molar-refractivity contribution >= 4 is 5.91 Å². The van der Waals surface area contributed by atoms with Crippen molar-refractivity contribution in [2.24, 2.45) is 0 Å². The summed E-state index contributed by atoms with van der Waals surface area (Å²) in [6.45, 7) is 2.01. The zero-order valence-electron chi connectivity index (χ0n) is 11.9. The molecule has 1 aromatic carbocycles. The Bertz CT molecular complexity index is 424. The van der Waals surface area contributed by atoms with Crippen molar-refractivity contribution in [1.29, 1.82) is 0 Å². The minimum Gasteiger partial charge on any atom is -0.390 e. The predicted octanol–water partition coefficient (Wildman–Crippen LogP) is 1.03. The van der Waals surface area contributed by atoms with Gasteiger partial charge in [-0.3, -0.25) is 9.63 Å². The van der Waals surface area contributed by atoms with Crippen LogP contribution in [0, 0.1) is 0 Å². The molecular weight excluding hydrogens is 256 g/mol. The molecule has 1 saturated heterocycles. The van der Waals surface area contributed by atoms with Crippen molar-refractivity contribution in [3.8, 4) is 0 Å². The lowest BCUT2D eigenvalue weighted by atomic mass is 10.2. The number of amides is 1. The van der Waals surface area contributed by atoms with Crippen LogP contribution in [0.5, 0.6) is 0 Å². The molecule has 1 aliphatic heterocycles. The average molecular weight is 278 g/mol. The van der Waals surface area contributed by atoms with Crippen molar-refractivity contribution in [3.05, 3.63) is 35.9 Å². The maximum absolute atomic E-state index is 11.5. The van der Waals surface area contributed by atoms with Gasteiger partial charge in [-0.25, -0.2) is 0 Å². The van der Waals surface area contributed by atoms with E-state index in [0.717, 1.165) is 18.5 Å². The Labute approximate surface area is 119 Å². The van der Waals surface area contributed by atoms with Gasteiger partial charge in [0.15, 0.2) is 0 Å². The minimum atomic E-state index is -0.585. The zero-order valence-corrected chi connectivity index (χ0v) is 11.9. The second-order valence-corrected chi connectivity index (χ2v) is 5.17. The van der Waals surface area contributed by atoms with Crippen LogP contribution in [0.25, 0.3) is 0 Å². The third kappa shape index (κ3) is 4.59. The Morgan fingerprint density at radius 2 is 2.15 bits per heavy atom. The highest BCUT2D eigenvalue weighted by molar-refractivity contribution is 5.78. The highest BCUT2D eigenvalue weighted by Crippen LogP contribution is 2.10. The molecule has 0 saturated carbocycles. The van der Waals surface area contributed by atoms with Gasteiger partial charge in [0.2, 0.25) is 5.91 Å². The van der Waals surface area contributed by atoms with Gasteiger partial charge >= 0.3 is 0 Å². The van der Waals surface area contributed by atoms with Crippen LogP contribution >= 0.6 is 0 Å². The van der Waals surface area contributed by atoms with E-state index >= 15 is 0 Å². The Balaban J connectivity index is 1.68. The monoisotopic (exact) mass is 278 g/mol. The largest absolute Gasteiger partial charge is 0.390 e. The van der Waals surface area contributed by atoms with Crippen molar-refractivity contribution < 1.29 is 14.7 Å². The third-order valence-corrected chi connectivity index (χ3v) is 3.36. The molecule has 20 heavy (non-hydrogen) atoms. The number of benzene rings is 1. The van der Waals surface area contributed by atoms with Gasteiger partial charge in [0, 0.05) is 26.6 Å². The number of rotatable bonds is 7. The lowest BCUT2D eigenvalue weighted by molar-refractivity contribution is -0.166. The summed E-state index contributed by atoms with van der Waals surface area (Å²) in [7, 11) is 1.79. The first-order valence-electron chi connectivity index (χ1n) is 6.99. The van der Waals surface area contributed by atoms with Gasteiger partial charge in [-0.05, 0) is 12.0 Å². The quantitative estimate of drug-likeness (QED) is 0.757. The van der Waals surface area contributed by atoms with Crippen LogP contribution in [0.4, 0.5) is 0 Å². The molecule has 1 fully saturated rings. The molecule has 0 bridgehead atoms. The van der Waals surface area contributed by atoms with E-state index in [1.807, 2.05) is 30.3 Å². The summed E-state index contributed by atoms with van der Waals surface area (Å²) in [6.07, 6.45) is 0.914. The van der Waals surface area contributed by atoms with Crippen molar-refractivity contribution in [3.63, 3.8) is 0 Å². The lowest BCUT2D eigenvalue weighted by Gasteiger charge is -2.24. The van der Waals surface area contributed by atoms with Gasteiger partial charge in [-0.2, -0.15) is 5.06 Å². The molecular formula is C15H22N2O3. The molecule has 1 unspecified atom stereocenters. The van der Waals surface area contributed by atoms with Gasteiger partial charge in [0.05, 0.1) is 19.3 Å². The number of aliphatic hydroxyl groups excluding tert-OH is 1. The van der Waals surface area contributed by atoms with Crippen molar-refractivity contribution in [2.45, 2.75) is 25.6 Å². The van der Waals surface area contributed by atoms with E-state index in [1.165, 1.54) is 0 Å². The maximum Gasteiger partial charge on any atom is 0.222 e. The van der Waals surface area contributed by atoms with Crippen LogP contribution in [0.3, 0.4) is 0 Å². The molecule has 1 aromatic rings. The van der Waals surface area contributed by atoms with Crippen LogP contribution in [0.1, 0.15) is 18.4 Å². The fourth-order valence-corrected chi connectivity index (χ4v) is 2.32.